The van der Waals surface area contributed by atoms with Gasteiger partial charge in [0.1, 0.15) is 5.75 Å². The molecule has 0 aliphatic rings. The highest BCUT2D eigenvalue weighted by Gasteiger charge is 2.15. The quantitative estimate of drug-likeness (QED) is 0.541. The summed E-state index contributed by atoms with van der Waals surface area (Å²) in [5, 5.41) is 11.3. The van der Waals surface area contributed by atoms with Gasteiger partial charge >= 0.3 is 0 Å². The van der Waals surface area contributed by atoms with Crippen molar-refractivity contribution in [2.45, 2.75) is 38.3 Å². The molecule has 2 aromatic carbocycles. The number of nitrogens with one attached hydrogen (secondary N) is 1. The lowest BCUT2D eigenvalue weighted by molar-refractivity contribution is -0.113. The van der Waals surface area contributed by atoms with Crippen LogP contribution in [0.4, 0.5) is 5.69 Å². The van der Waals surface area contributed by atoms with Gasteiger partial charge in [0.25, 0.3) is 5.22 Å². The molecule has 7 heteroatoms. The summed E-state index contributed by atoms with van der Waals surface area (Å²) in [5.41, 5.74) is 2.90. The Hall–Kier alpha value is -2.80. The van der Waals surface area contributed by atoms with Crippen LogP contribution in [0.5, 0.6) is 5.75 Å². The second kappa shape index (κ2) is 9.13. The predicted molar refractivity (Wildman–Crippen MR) is 115 cm³/mol. The fourth-order valence-corrected chi connectivity index (χ4v) is 3.19. The van der Waals surface area contributed by atoms with Gasteiger partial charge in [-0.2, -0.15) is 0 Å². The first-order chi connectivity index (χ1) is 13.8. The molecule has 0 saturated carbocycles. The Morgan fingerprint density at radius 2 is 1.76 bits per heavy atom. The lowest BCUT2D eigenvalue weighted by Gasteiger charge is -2.18. The zero-order chi connectivity index (χ0) is 20.9. The summed E-state index contributed by atoms with van der Waals surface area (Å²) < 4.78 is 11.1. The van der Waals surface area contributed by atoms with E-state index in [4.69, 9.17) is 9.15 Å². The van der Waals surface area contributed by atoms with Crippen LogP contribution in [0.25, 0.3) is 11.5 Å². The lowest BCUT2D eigenvalue weighted by atomic mass is 9.87. The van der Waals surface area contributed by atoms with Gasteiger partial charge in [-0.25, -0.2) is 0 Å². The maximum atomic E-state index is 12.2. The largest absolute Gasteiger partial charge is 0.494 e. The summed E-state index contributed by atoms with van der Waals surface area (Å²) in [6, 6.07) is 15.3. The Morgan fingerprint density at radius 1 is 1.07 bits per heavy atom. The molecule has 0 fully saturated rings. The third-order valence-corrected chi connectivity index (χ3v) is 5.00. The van der Waals surface area contributed by atoms with Crippen LogP contribution in [0.3, 0.4) is 0 Å². The zero-order valence-corrected chi connectivity index (χ0v) is 17.9. The molecular formula is C22H25N3O3S. The number of thioether (sulfide) groups is 1. The molecule has 0 aliphatic carbocycles. The Morgan fingerprint density at radius 3 is 2.38 bits per heavy atom. The normalized spacial score (nSPS) is 11.3. The molecule has 3 rings (SSSR count). The van der Waals surface area contributed by atoms with Crippen molar-refractivity contribution in [1.29, 1.82) is 0 Å². The number of aromatic nitrogens is 2. The van der Waals surface area contributed by atoms with E-state index in [0.29, 0.717) is 23.4 Å². The molecule has 1 amide bonds. The van der Waals surface area contributed by atoms with E-state index >= 15 is 0 Å². The summed E-state index contributed by atoms with van der Waals surface area (Å²) in [6.45, 7) is 9.04. The number of anilines is 1. The summed E-state index contributed by atoms with van der Waals surface area (Å²) in [4.78, 5) is 12.2. The molecule has 29 heavy (non-hydrogen) atoms. The topological polar surface area (TPSA) is 77.2 Å². The van der Waals surface area contributed by atoms with Gasteiger partial charge in [0.2, 0.25) is 11.8 Å². The molecule has 6 nitrogen and oxygen atoms in total. The van der Waals surface area contributed by atoms with Crippen molar-refractivity contribution in [2.24, 2.45) is 0 Å². The van der Waals surface area contributed by atoms with Gasteiger partial charge in [0, 0.05) is 11.3 Å². The molecule has 0 aliphatic heterocycles. The molecular weight excluding hydrogens is 386 g/mol. The average molecular weight is 412 g/mol. The van der Waals surface area contributed by atoms with Gasteiger partial charge < -0.3 is 14.5 Å². The van der Waals surface area contributed by atoms with Gasteiger partial charge in [0.15, 0.2) is 0 Å². The highest BCUT2D eigenvalue weighted by Crippen LogP contribution is 2.27. The van der Waals surface area contributed by atoms with Gasteiger partial charge in [-0.15, -0.1) is 10.2 Å². The Labute approximate surface area is 175 Å². The minimum atomic E-state index is -0.145. The van der Waals surface area contributed by atoms with E-state index < -0.39 is 0 Å². The summed E-state index contributed by atoms with van der Waals surface area (Å²) >= 11 is 1.20. The second-order valence-corrected chi connectivity index (χ2v) is 8.42. The molecule has 3 aromatic rings. The van der Waals surface area contributed by atoms with Crippen molar-refractivity contribution in [1.82, 2.24) is 10.2 Å². The van der Waals surface area contributed by atoms with E-state index in [0.717, 1.165) is 11.3 Å². The first-order valence-electron chi connectivity index (χ1n) is 9.45. The third-order valence-electron chi connectivity index (χ3n) is 4.18. The fourth-order valence-electron chi connectivity index (χ4n) is 2.62. The predicted octanol–water partition coefficient (Wildman–Crippen LogP) is 5.16. The van der Waals surface area contributed by atoms with Gasteiger partial charge in [0.05, 0.1) is 12.4 Å². The van der Waals surface area contributed by atoms with Crippen LogP contribution in [0.2, 0.25) is 0 Å². The average Bonchev–Trinajstić information content (AvgIpc) is 3.17. The minimum Gasteiger partial charge on any atom is -0.494 e. The number of hydrogen-bond acceptors (Lipinski definition) is 6. The van der Waals surface area contributed by atoms with Crippen molar-refractivity contribution in [3.8, 4) is 17.2 Å². The molecule has 1 aromatic heterocycles. The highest BCUT2D eigenvalue weighted by molar-refractivity contribution is 7.99. The SMILES string of the molecule is CCOc1ccc(NC(=O)CSc2nnc(-c3ccc(C(C)(C)C)cc3)o2)cc1. The van der Waals surface area contributed by atoms with Crippen LogP contribution in [0, 0.1) is 0 Å². The maximum Gasteiger partial charge on any atom is 0.277 e. The van der Waals surface area contributed by atoms with E-state index in [2.05, 4.69) is 48.4 Å². The lowest BCUT2D eigenvalue weighted by Crippen LogP contribution is -2.13. The monoisotopic (exact) mass is 411 g/mol. The summed E-state index contributed by atoms with van der Waals surface area (Å²) in [5.74, 6) is 1.25. The smallest absolute Gasteiger partial charge is 0.277 e. The number of carbonyl (C=O) groups excluding carboxylic acids is 1. The van der Waals surface area contributed by atoms with E-state index in [1.807, 2.05) is 31.2 Å². The first-order valence-corrected chi connectivity index (χ1v) is 10.4. The van der Waals surface area contributed by atoms with Crippen molar-refractivity contribution in [3.05, 3.63) is 54.1 Å². The highest BCUT2D eigenvalue weighted by atomic mass is 32.2. The first kappa shape index (κ1) is 20.9. The van der Waals surface area contributed by atoms with Crippen LogP contribution in [0.1, 0.15) is 33.3 Å². The molecule has 1 N–H and O–H groups in total. The Bertz CT molecular complexity index is 945. The van der Waals surface area contributed by atoms with Crippen LogP contribution < -0.4 is 10.1 Å². The number of rotatable bonds is 7. The van der Waals surface area contributed by atoms with Gasteiger partial charge in [-0.1, -0.05) is 44.7 Å². The molecule has 0 radical (unpaired) electrons. The molecule has 0 bridgehead atoms. The molecule has 0 spiro atoms. The maximum absolute atomic E-state index is 12.2. The van der Waals surface area contributed by atoms with Crippen molar-refractivity contribution < 1.29 is 13.9 Å². The van der Waals surface area contributed by atoms with Crippen LogP contribution in [-0.4, -0.2) is 28.5 Å². The fraction of sp³-hybridized carbons (Fsp3) is 0.318. The second-order valence-electron chi connectivity index (χ2n) is 7.49. The van der Waals surface area contributed by atoms with Gasteiger partial charge in [-0.3, -0.25) is 4.79 Å². The van der Waals surface area contributed by atoms with Crippen molar-refractivity contribution in [2.75, 3.05) is 17.7 Å². The van der Waals surface area contributed by atoms with Crippen LogP contribution in [-0.2, 0) is 10.2 Å². The third kappa shape index (κ3) is 5.84. The number of ether oxygens (including phenoxy) is 1. The molecule has 1 heterocycles. The number of hydrogen-bond donors (Lipinski definition) is 1. The van der Waals surface area contributed by atoms with Crippen molar-refractivity contribution in [3.63, 3.8) is 0 Å². The van der Waals surface area contributed by atoms with Crippen molar-refractivity contribution >= 4 is 23.4 Å². The minimum absolute atomic E-state index is 0.0884. The van der Waals surface area contributed by atoms with E-state index in [1.54, 1.807) is 12.1 Å². The van der Waals surface area contributed by atoms with Crippen LogP contribution >= 0.6 is 11.8 Å². The van der Waals surface area contributed by atoms with E-state index in [1.165, 1.54) is 17.3 Å². The number of benzene rings is 2. The molecule has 0 unspecified atom stereocenters. The molecule has 0 saturated heterocycles. The summed E-state index contributed by atoms with van der Waals surface area (Å²) in [7, 11) is 0. The molecule has 0 atom stereocenters. The number of carbonyl (C=O) groups is 1. The van der Waals surface area contributed by atoms with Crippen LogP contribution in [0.15, 0.2) is 58.2 Å². The molecule has 152 valence electrons. The van der Waals surface area contributed by atoms with Gasteiger partial charge in [-0.05, 0) is 54.3 Å². The standard InChI is InChI=1S/C22H25N3O3S/c1-5-27-18-12-10-17(11-13-18)23-19(26)14-29-21-25-24-20(28-21)15-6-8-16(9-7-15)22(2,3)4/h6-13H,5,14H2,1-4H3,(H,23,26). The number of nitrogens with zero attached hydrogens (tertiary/aromatic N) is 2. The van der Waals surface area contributed by atoms with E-state index in [-0.39, 0.29) is 17.1 Å². The van der Waals surface area contributed by atoms with E-state index in [9.17, 15) is 4.79 Å². The Balaban J connectivity index is 1.54. The summed E-state index contributed by atoms with van der Waals surface area (Å²) in [6.07, 6.45) is 0. The zero-order valence-electron chi connectivity index (χ0n) is 17.1. The Kier molecular flexibility index (Phi) is 6.59. The number of amides is 1.